The van der Waals surface area contributed by atoms with Crippen molar-refractivity contribution in [1.29, 1.82) is 0 Å². The summed E-state index contributed by atoms with van der Waals surface area (Å²) >= 11 is 1.56. The van der Waals surface area contributed by atoms with E-state index in [9.17, 15) is 4.79 Å². The van der Waals surface area contributed by atoms with E-state index in [2.05, 4.69) is 0 Å². The second kappa shape index (κ2) is 7.90. The van der Waals surface area contributed by atoms with Crippen LogP contribution >= 0.6 is 11.8 Å². The van der Waals surface area contributed by atoms with Crippen LogP contribution in [0.3, 0.4) is 0 Å². The molecule has 0 aliphatic rings. The first-order valence-electron chi connectivity index (χ1n) is 7.20. The summed E-state index contributed by atoms with van der Waals surface area (Å²) in [6.45, 7) is 2.58. The minimum atomic E-state index is -0.123. The van der Waals surface area contributed by atoms with E-state index in [1.165, 1.54) is 0 Å². The van der Waals surface area contributed by atoms with Gasteiger partial charge in [0.15, 0.2) is 0 Å². The zero-order chi connectivity index (χ0) is 15.9. The Labute approximate surface area is 136 Å². The summed E-state index contributed by atoms with van der Waals surface area (Å²) in [5.41, 5.74) is 1.14. The molecule has 2 aromatic carbocycles. The van der Waals surface area contributed by atoms with Gasteiger partial charge in [-0.25, -0.2) is 0 Å². The maximum absolute atomic E-state index is 12.5. The fraction of sp³-hybridized carbons (Fsp3) is 0.278. The molecule has 0 radical (unpaired) electrons. The summed E-state index contributed by atoms with van der Waals surface area (Å²) in [6, 6.07) is 17.8. The normalized spacial score (nSPS) is 11.8. The molecule has 0 aliphatic heterocycles. The predicted octanol–water partition coefficient (Wildman–Crippen LogP) is 3.83. The average molecular weight is 315 g/mol. The molecule has 0 bridgehead atoms. The second-order valence-corrected chi connectivity index (χ2v) is 6.53. The summed E-state index contributed by atoms with van der Waals surface area (Å²) in [5.74, 6) is 0.953. The predicted molar refractivity (Wildman–Crippen MR) is 91.2 cm³/mol. The summed E-state index contributed by atoms with van der Waals surface area (Å²) in [6.07, 6.45) is 0. The molecule has 22 heavy (non-hydrogen) atoms. The molecule has 0 N–H and O–H groups in total. The van der Waals surface area contributed by atoms with E-state index in [1.54, 1.807) is 23.8 Å². The fourth-order valence-electron chi connectivity index (χ4n) is 2.15. The fourth-order valence-corrected chi connectivity index (χ4v) is 3.14. The van der Waals surface area contributed by atoms with Gasteiger partial charge in [0.2, 0.25) is 5.91 Å². The molecule has 0 fully saturated rings. The van der Waals surface area contributed by atoms with Crippen LogP contribution in [-0.2, 0) is 11.3 Å². The highest BCUT2D eigenvalue weighted by Crippen LogP contribution is 2.26. The number of hydrogen-bond acceptors (Lipinski definition) is 3. The van der Waals surface area contributed by atoms with Crippen molar-refractivity contribution < 1.29 is 9.53 Å². The zero-order valence-electron chi connectivity index (χ0n) is 13.2. The van der Waals surface area contributed by atoms with E-state index < -0.39 is 0 Å². The van der Waals surface area contributed by atoms with Crippen molar-refractivity contribution in [1.82, 2.24) is 4.90 Å². The number of rotatable bonds is 6. The van der Waals surface area contributed by atoms with Gasteiger partial charge in [-0.05, 0) is 36.8 Å². The van der Waals surface area contributed by atoms with Crippen LogP contribution < -0.4 is 4.74 Å². The Kier molecular flexibility index (Phi) is 5.90. The molecule has 0 saturated carbocycles. The van der Waals surface area contributed by atoms with Crippen LogP contribution in [0.2, 0.25) is 0 Å². The highest BCUT2D eigenvalue weighted by Gasteiger charge is 2.18. The Hall–Kier alpha value is -1.94. The van der Waals surface area contributed by atoms with E-state index >= 15 is 0 Å². The molecule has 4 heteroatoms. The largest absolute Gasteiger partial charge is 0.497 e. The van der Waals surface area contributed by atoms with Gasteiger partial charge in [0.1, 0.15) is 5.75 Å². The van der Waals surface area contributed by atoms with E-state index in [-0.39, 0.29) is 11.2 Å². The van der Waals surface area contributed by atoms with Crippen molar-refractivity contribution in [3.63, 3.8) is 0 Å². The molecule has 1 unspecified atom stereocenters. The first-order valence-corrected chi connectivity index (χ1v) is 8.07. The molecule has 0 heterocycles. The van der Waals surface area contributed by atoms with Gasteiger partial charge in [-0.15, -0.1) is 11.8 Å². The number of hydrogen-bond donors (Lipinski definition) is 0. The van der Waals surface area contributed by atoms with Crippen LogP contribution in [-0.4, -0.2) is 30.2 Å². The van der Waals surface area contributed by atoms with Gasteiger partial charge >= 0.3 is 0 Å². The van der Waals surface area contributed by atoms with Gasteiger partial charge in [0.25, 0.3) is 0 Å². The minimum absolute atomic E-state index is 0.123. The lowest BCUT2D eigenvalue weighted by molar-refractivity contribution is -0.129. The van der Waals surface area contributed by atoms with Crippen molar-refractivity contribution in [2.75, 3.05) is 14.2 Å². The number of ether oxygens (including phenoxy) is 1. The van der Waals surface area contributed by atoms with Crippen LogP contribution in [0.5, 0.6) is 5.75 Å². The number of amides is 1. The van der Waals surface area contributed by atoms with Gasteiger partial charge in [-0.3, -0.25) is 4.79 Å². The Morgan fingerprint density at radius 2 is 1.77 bits per heavy atom. The van der Waals surface area contributed by atoms with Crippen LogP contribution in [0.15, 0.2) is 59.5 Å². The molecular weight excluding hydrogens is 294 g/mol. The third-order valence-electron chi connectivity index (χ3n) is 3.36. The summed E-state index contributed by atoms with van der Waals surface area (Å²) in [5, 5.41) is -0.123. The highest BCUT2D eigenvalue weighted by molar-refractivity contribution is 8.00. The van der Waals surface area contributed by atoms with Gasteiger partial charge in [-0.1, -0.05) is 30.3 Å². The molecule has 1 atom stereocenters. The van der Waals surface area contributed by atoms with Crippen LogP contribution in [0.25, 0.3) is 0 Å². The lowest BCUT2D eigenvalue weighted by atomic mass is 10.2. The average Bonchev–Trinajstić information content (AvgIpc) is 2.55. The number of methoxy groups -OCH3 is 1. The van der Waals surface area contributed by atoms with Crippen molar-refractivity contribution >= 4 is 17.7 Å². The number of nitrogens with zero attached hydrogens (tertiary/aromatic N) is 1. The van der Waals surface area contributed by atoms with Gasteiger partial charge in [0, 0.05) is 18.5 Å². The summed E-state index contributed by atoms with van der Waals surface area (Å²) in [7, 11) is 3.49. The quantitative estimate of drug-likeness (QED) is 0.759. The monoisotopic (exact) mass is 315 g/mol. The minimum Gasteiger partial charge on any atom is -0.497 e. The molecular formula is C18H21NO2S. The smallest absolute Gasteiger partial charge is 0.235 e. The maximum Gasteiger partial charge on any atom is 0.235 e. The molecule has 0 spiro atoms. The number of carbonyl (C=O) groups excluding carboxylic acids is 1. The van der Waals surface area contributed by atoms with Crippen molar-refractivity contribution in [2.45, 2.75) is 23.6 Å². The molecule has 116 valence electrons. The Bertz CT molecular complexity index is 598. The molecule has 1 amide bonds. The Morgan fingerprint density at radius 1 is 1.14 bits per heavy atom. The van der Waals surface area contributed by atoms with Crippen LogP contribution in [0.1, 0.15) is 12.5 Å². The van der Waals surface area contributed by atoms with Crippen LogP contribution in [0, 0.1) is 0 Å². The summed E-state index contributed by atoms with van der Waals surface area (Å²) < 4.78 is 5.14. The van der Waals surface area contributed by atoms with Gasteiger partial charge in [-0.2, -0.15) is 0 Å². The first-order chi connectivity index (χ1) is 10.6. The maximum atomic E-state index is 12.5. The van der Waals surface area contributed by atoms with Crippen LogP contribution in [0.4, 0.5) is 0 Å². The summed E-state index contributed by atoms with van der Waals surface area (Å²) in [4.78, 5) is 15.3. The number of thioether (sulfide) groups is 1. The molecule has 2 aromatic rings. The standard InChI is InChI=1S/C18H21NO2S/c1-14(22-17-11-9-16(21-3)10-12-17)18(20)19(2)13-15-7-5-4-6-8-15/h4-12,14H,13H2,1-3H3. The Morgan fingerprint density at radius 3 is 2.36 bits per heavy atom. The topological polar surface area (TPSA) is 29.5 Å². The van der Waals surface area contributed by atoms with E-state index in [1.807, 2.05) is 68.6 Å². The number of carbonyl (C=O) groups is 1. The zero-order valence-corrected chi connectivity index (χ0v) is 14.0. The molecule has 0 aliphatic carbocycles. The van der Waals surface area contributed by atoms with E-state index in [0.717, 1.165) is 16.2 Å². The lowest BCUT2D eigenvalue weighted by Gasteiger charge is -2.21. The van der Waals surface area contributed by atoms with Crippen molar-refractivity contribution in [3.8, 4) is 5.75 Å². The number of benzene rings is 2. The SMILES string of the molecule is COc1ccc(SC(C)C(=O)N(C)Cc2ccccc2)cc1. The van der Waals surface area contributed by atoms with Gasteiger partial charge < -0.3 is 9.64 Å². The second-order valence-electron chi connectivity index (χ2n) is 5.12. The van der Waals surface area contributed by atoms with Crippen molar-refractivity contribution in [3.05, 3.63) is 60.2 Å². The third kappa shape index (κ3) is 4.53. The highest BCUT2D eigenvalue weighted by atomic mass is 32.2. The van der Waals surface area contributed by atoms with Crippen molar-refractivity contribution in [2.24, 2.45) is 0 Å². The third-order valence-corrected chi connectivity index (χ3v) is 4.46. The van der Waals surface area contributed by atoms with Gasteiger partial charge in [0.05, 0.1) is 12.4 Å². The Balaban J connectivity index is 1.93. The molecule has 0 saturated heterocycles. The molecule has 2 rings (SSSR count). The molecule has 3 nitrogen and oxygen atoms in total. The van der Waals surface area contributed by atoms with E-state index in [0.29, 0.717) is 6.54 Å². The van der Waals surface area contributed by atoms with E-state index in [4.69, 9.17) is 4.74 Å². The lowest BCUT2D eigenvalue weighted by Crippen LogP contribution is -2.32. The first kappa shape index (κ1) is 16.4. The molecule has 0 aromatic heterocycles.